The molecular weight excluding hydrogens is 539 g/mol. The Balaban J connectivity index is 1.41. The molecule has 0 spiro atoms. The molecule has 4 N–H and O–H groups in total. The van der Waals surface area contributed by atoms with E-state index in [1.165, 1.54) is 24.3 Å². The summed E-state index contributed by atoms with van der Waals surface area (Å²) in [7, 11) is 2.13. The first kappa shape index (κ1) is 30.5. The summed E-state index contributed by atoms with van der Waals surface area (Å²) in [5.41, 5.74) is 2.62. The molecule has 4 rings (SSSR count). The summed E-state index contributed by atoms with van der Waals surface area (Å²) in [6.07, 6.45) is 1.95. The van der Waals surface area contributed by atoms with Gasteiger partial charge in [0.15, 0.2) is 0 Å². The maximum atomic E-state index is 13.6. The van der Waals surface area contributed by atoms with E-state index >= 15 is 0 Å². The molecule has 1 fully saturated rings. The predicted octanol–water partition coefficient (Wildman–Crippen LogP) is 4.37. The van der Waals surface area contributed by atoms with Gasteiger partial charge in [-0.25, -0.2) is 14.0 Å². The van der Waals surface area contributed by atoms with Gasteiger partial charge < -0.3 is 30.3 Å². The summed E-state index contributed by atoms with van der Waals surface area (Å²) in [4.78, 5) is 38.4. The summed E-state index contributed by atoms with van der Waals surface area (Å²) < 4.78 is 19.1. The zero-order valence-electron chi connectivity index (χ0n) is 23.9. The molecule has 3 aromatic carbocycles. The first-order chi connectivity index (χ1) is 20.1. The van der Waals surface area contributed by atoms with E-state index in [2.05, 4.69) is 23.0 Å². The number of phenolic OH excluding ortho intramolecular Hbond substituents is 1. The van der Waals surface area contributed by atoms with Crippen molar-refractivity contribution in [2.45, 2.75) is 44.8 Å². The Morgan fingerprint density at radius 3 is 2.33 bits per heavy atom. The molecule has 0 saturated carbocycles. The molecule has 0 aromatic heterocycles. The minimum absolute atomic E-state index is 0.0979. The lowest BCUT2D eigenvalue weighted by Crippen LogP contribution is -2.59. The molecule has 0 radical (unpaired) electrons. The molecule has 1 heterocycles. The van der Waals surface area contributed by atoms with Gasteiger partial charge in [0.25, 0.3) is 0 Å². The number of benzene rings is 3. The molecule has 0 aliphatic carbocycles. The fourth-order valence-electron chi connectivity index (χ4n) is 5.33. The number of hydrogen-bond donors (Lipinski definition) is 4. The van der Waals surface area contributed by atoms with Gasteiger partial charge in [0.2, 0.25) is 5.91 Å². The van der Waals surface area contributed by atoms with Crippen molar-refractivity contribution in [3.63, 3.8) is 0 Å². The van der Waals surface area contributed by atoms with Gasteiger partial charge in [0.05, 0.1) is 38.3 Å². The number of urea groups is 1. The van der Waals surface area contributed by atoms with Crippen molar-refractivity contribution < 1.29 is 33.1 Å². The second kappa shape index (κ2) is 14.0. The number of phenols is 1. The SMILES string of the molecule is CCOC(=O)c1ccc(NC(=O)N[C@@H](Cc2ccc(O)cc2)C(=O)N[C@H]2CCC[N+](C)(Cc3ccc(F)cc3)C2)cc1. The van der Waals surface area contributed by atoms with Crippen LogP contribution in [0.5, 0.6) is 5.75 Å². The van der Waals surface area contributed by atoms with E-state index in [0.29, 0.717) is 22.3 Å². The Morgan fingerprint density at radius 1 is 1.00 bits per heavy atom. The fraction of sp³-hybridized carbons (Fsp3) is 0.344. The number of likely N-dealkylation sites (tertiary alicyclic amines) is 1. The number of nitrogens with zero attached hydrogens (tertiary/aromatic N) is 1. The Labute approximate surface area is 245 Å². The van der Waals surface area contributed by atoms with Crippen molar-refractivity contribution in [2.75, 3.05) is 32.1 Å². The number of nitrogens with one attached hydrogen (secondary N) is 3. The molecule has 0 bridgehead atoms. The number of halogens is 1. The monoisotopic (exact) mass is 577 g/mol. The highest BCUT2D eigenvalue weighted by Gasteiger charge is 2.34. The first-order valence-corrected chi connectivity index (χ1v) is 14.1. The third-order valence-electron chi connectivity index (χ3n) is 7.39. The molecule has 3 amide bonds. The van der Waals surface area contributed by atoms with Crippen LogP contribution in [0.4, 0.5) is 14.9 Å². The standard InChI is InChI=1S/C32H37FN4O5/c1-3-42-31(40)24-10-14-26(15-11-24)35-32(41)36-29(19-22-8-16-28(38)17-9-22)30(39)34-27-5-4-18-37(2,21-27)20-23-6-12-25(33)13-7-23/h6-17,27,29H,3-5,18-21H2,1-2H3,(H3-,34,35,36,38,39,40,41)/p+1/t27-,29-,37?/m0/s1. The molecule has 9 nitrogen and oxygen atoms in total. The highest BCUT2D eigenvalue weighted by Crippen LogP contribution is 2.22. The van der Waals surface area contributed by atoms with E-state index in [4.69, 9.17) is 4.74 Å². The summed E-state index contributed by atoms with van der Waals surface area (Å²) >= 11 is 0. The van der Waals surface area contributed by atoms with Crippen LogP contribution in [0, 0.1) is 5.82 Å². The molecule has 222 valence electrons. The molecule has 3 aromatic rings. The van der Waals surface area contributed by atoms with Crippen molar-refractivity contribution in [2.24, 2.45) is 0 Å². The third-order valence-corrected chi connectivity index (χ3v) is 7.39. The summed E-state index contributed by atoms with van der Waals surface area (Å²) in [6, 6.07) is 17.7. The van der Waals surface area contributed by atoms with Gasteiger partial charge in [-0.2, -0.15) is 0 Å². The van der Waals surface area contributed by atoms with E-state index in [1.807, 2.05) is 0 Å². The van der Waals surface area contributed by atoms with Gasteiger partial charge in [0.1, 0.15) is 24.2 Å². The van der Waals surface area contributed by atoms with Crippen molar-refractivity contribution >= 4 is 23.6 Å². The second-order valence-electron chi connectivity index (χ2n) is 11.0. The number of amides is 3. The summed E-state index contributed by atoms with van der Waals surface area (Å²) in [5.74, 6) is -0.919. The second-order valence-corrected chi connectivity index (χ2v) is 11.0. The number of aromatic hydroxyl groups is 1. The number of carbonyl (C=O) groups is 3. The summed E-state index contributed by atoms with van der Waals surface area (Å²) in [5, 5.41) is 18.3. The van der Waals surface area contributed by atoms with Crippen molar-refractivity contribution in [3.8, 4) is 5.75 Å². The number of piperidine rings is 1. The van der Waals surface area contributed by atoms with Gasteiger partial charge in [-0.15, -0.1) is 0 Å². The maximum Gasteiger partial charge on any atom is 0.338 e. The van der Waals surface area contributed by atoms with Crippen LogP contribution in [0.1, 0.15) is 41.3 Å². The highest BCUT2D eigenvalue weighted by atomic mass is 19.1. The number of rotatable bonds is 10. The van der Waals surface area contributed by atoms with Gasteiger partial charge >= 0.3 is 12.0 Å². The van der Waals surface area contributed by atoms with Crippen LogP contribution in [-0.4, -0.2) is 66.3 Å². The Bertz CT molecular complexity index is 1370. The summed E-state index contributed by atoms with van der Waals surface area (Å²) in [6.45, 7) is 4.35. The topological polar surface area (TPSA) is 117 Å². The molecule has 1 unspecified atom stereocenters. The van der Waals surface area contributed by atoms with Crippen molar-refractivity contribution in [1.82, 2.24) is 10.6 Å². The van der Waals surface area contributed by atoms with Crippen LogP contribution in [0.15, 0.2) is 72.8 Å². The minimum Gasteiger partial charge on any atom is -0.508 e. The minimum atomic E-state index is -0.883. The number of likely N-dealkylation sites (N-methyl/N-ethyl adjacent to an activating group) is 1. The van der Waals surface area contributed by atoms with E-state index in [-0.39, 0.29) is 36.5 Å². The van der Waals surface area contributed by atoms with Crippen LogP contribution in [-0.2, 0) is 22.5 Å². The van der Waals surface area contributed by atoms with Crippen molar-refractivity contribution in [1.29, 1.82) is 0 Å². The number of anilines is 1. The Kier molecular flexibility index (Phi) is 10.1. The number of quaternary nitrogens is 1. The lowest BCUT2D eigenvalue weighted by Gasteiger charge is -2.42. The largest absolute Gasteiger partial charge is 0.508 e. The molecule has 3 atom stereocenters. The number of esters is 1. The molecule has 10 heteroatoms. The van der Waals surface area contributed by atoms with E-state index in [9.17, 15) is 23.9 Å². The first-order valence-electron chi connectivity index (χ1n) is 14.1. The van der Waals surface area contributed by atoms with Crippen molar-refractivity contribution in [3.05, 3.63) is 95.3 Å². The Morgan fingerprint density at radius 2 is 1.67 bits per heavy atom. The van der Waals surface area contributed by atoms with Crippen LogP contribution < -0.4 is 16.0 Å². The van der Waals surface area contributed by atoms with Crippen LogP contribution >= 0.6 is 0 Å². The molecular formula is C32H38FN4O5+. The lowest BCUT2D eigenvalue weighted by molar-refractivity contribution is -0.927. The zero-order chi connectivity index (χ0) is 30.1. The maximum absolute atomic E-state index is 13.6. The smallest absolute Gasteiger partial charge is 0.338 e. The fourth-order valence-corrected chi connectivity index (χ4v) is 5.33. The molecule has 1 aliphatic rings. The number of ether oxygens (including phenoxy) is 1. The molecule has 1 saturated heterocycles. The number of hydrogen-bond acceptors (Lipinski definition) is 5. The predicted molar refractivity (Wildman–Crippen MR) is 157 cm³/mol. The van der Waals surface area contributed by atoms with Gasteiger partial charge in [0, 0.05) is 17.7 Å². The zero-order valence-corrected chi connectivity index (χ0v) is 23.9. The lowest BCUT2D eigenvalue weighted by atomic mass is 10.00. The van der Waals surface area contributed by atoms with Crippen LogP contribution in [0.25, 0.3) is 0 Å². The Hall–Kier alpha value is -4.44. The normalized spacial score (nSPS) is 18.9. The van der Waals surface area contributed by atoms with E-state index in [1.54, 1.807) is 55.5 Å². The molecule has 42 heavy (non-hydrogen) atoms. The highest BCUT2D eigenvalue weighted by molar-refractivity contribution is 5.95. The number of carbonyl (C=O) groups excluding carboxylic acids is 3. The quantitative estimate of drug-likeness (QED) is 0.211. The van der Waals surface area contributed by atoms with Gasteiger partial charge in [-0.3, -0.25) is 4.79 Å². The average molecular weight is 578 g/mol. The van der Waals surface area contributed by atoms with E-state index in [0.717, 1.165) is 37.1 Å². The average Bonchev–Trinajstić information content (AvgIpc) is 2.95. The van der Waals surface area contributed by atoms with E-state index < -0.39 is 18.0 Å². The van der Waals surface area contributed by atoms with Gasteiger partial charge in [-0.05, 0) is 73.9 Å². The third kappa shape index (κ3) is 8.78. The van der Waals surface area contributed by atoms with Crippen LogP contribution in [0.3, 0.4) is 0 Å². The molecule has 1 aliphatic heterocycles. The van der Waals surface area contributed by atoms with Gasteiger partial charge in [-0.1, -0.05) is 24.3 Å². The van der Waals surface area contributed by atoms with Crippen LogP contribution in [0.2, 0.25) is 0 Å².